The highest BCUT2D eigenvalue weighted by atomic mass is 16.3. The molecule has 0 unspecified atom stereocenters. The van der Waals surface area contributed by atoms with Crippen molar-refractivity contribution in [2.24, 2.45) is 7.05 Å². The Hall–Kier alpha value is -3.67. The van der Waals surface area contributed by atoms with E-state index in [1.54, 1.807) is 0 Å². The number of aryl methyl sites for hydroxylation is 1. The van der Waals surface area contributed by atoms with Crippen molar-refractivity contribution < 1.29 is 13.4 Å². The molecule has 0 amide bonds. The highest BCUT2D eigenvalue weighted by Crippen LogP contribution is 2.12. The number of rotatable bonds is 4. The third kappa shape index (κ3) is 3.64. The summed E-state index contributed by atoms with van der Waals surface area (Å²) in [7, 11) is 3.88. The van der Waals surface area contributed by atoms with Gasteiger partial charge in [-0.1, -0.05) is 30.4 Å². The Morgan fingerprint density at radius 2 is 1.93 bits per heavy atom. The molecule has 3 aromatic rings. The Morgan fingerprint density at radius 1 is 1.07 bits per heavy atom. The topological polar surface area (TPSA) is 59.2 Å². The lowest BCUT2D eigenvalue weighted by Crippen LogP contribution is -2.27. The highest BCUT2D eigenvalue weighted by molar-refractivity contribution is 5.65. The Labute approximate surface area is 156 Å². The molecular weight excluding hydrogens is 340 g/mol. The number of pyridine rings is 1. The zero-order valence-electron chi connectivity index (χ0n) is 15.1. The zero-order valence-corrected chi connectivity index (χ0v) is 15.1. The fourth-order valence-electron chi connectivity index (χ4n) is 2.67. The van der Waals surface area contributed by atoms with Crippen LogP contribution in [-0.2, 0) is 7.05 Å². The minimum atomic E-state index is 0.575. The molecule has 3 aromatic heterocycles. The first-order valence-corrected chi connectivity index (χ1v) is 8.56. The number of fused-ring (bicyclic) bond motifs is 2. The molecule has 0 N–H and O–H groups in total. The third-order valence-electron chi connectivity index (χ3n) is 4.01. The van der Waals surface area contributed by atoms with Gasteiger partial charge in [-0.05, 0) is 24.3 Å². The Kier molecular flexibility index (Phi) is 4.53. The molecule has 0 bridgehead atoms. The second-order valence-electron chi connectivity index (χ2n) is 6.01. The van der Waals surface area contributed by atoms with Crippen LogP contribution in [0.5, 0.6) is 0 Å². The van der Waals surface area contributed by atoms with Crippen LogP contribution in [0.15, 0.2) is 69.8 Å². The Bertz CT molecular complexity index is 1210. The first-order valence-electron chi connectivity index (χ1n) is 8.56. The summed E-state index contributed by atoms with van der Waals surface area (Å²) < 4.78 is 13.3. The van der Waals surface area contributed by atoms with Crippen molar-refractivity contribution in [3.8, 4) is 0 Å². The number of nitrogens with zero attached hydrogens (tertiary/aromatic N) is 4. The van der Waals surface area contributed by atoms with Crippen LogP contribution in [0.25, 0.3) is 29.5 Å². The minimum absolute atomic E-state index is 0.575. The third-order valence-corrected chi connectivity index (χ3v) is 4.01. The van der Waals surface area contributed by atoms with E-state index in [1.165, 1.54) is 0 Å². The van der Waals surface area contributed by atoms with Crippen LogP contribution in [0.2, 0.25) is 0 Å². The molecule has 1 aliphatic rings. The van der Waals surface area contributed by atoms with Crippen molar-refractivity contribution in [1.82, 2.24) is 9.97 Å². The van der Waals surface area contributed by atoms with Crippen molar-refractivity contribution in [2.45, 2.75) is 0 Å². The lowest BCUT2D eigenvalue weighted by Gasteiger charge is -2.10. The predicted molar refractivity (Wildman–Crippen MR) is 105 cm³/mol. The minimum Gasteiger partial charge on any atom is -0.435 e. The van der Waals surface area contributed by atoms with Gasteiger partial charge in [0.05, 0.1) is 13.2 Å². The summed E-state index contributed by atoms with van der Waals surface area (Å²) >= 11 is 0. The van der Waals surface area contributed by atoms with Crippen molar-refractivity contribution >= 4 is 35.3 Å². The van der Waals surface area contributed by atoms with Crippen LogP contribution in [0.4, 0.5) is 5.82 Å². The number of hydrogen-bond acceptors (Lipinski definition) is 5. The second kappa shape index (κ2) is 7.29. The van der Waals surface area contributed by atoms with E-state index in [-0.39, 0.29) is 0 Å². The summed E-state index contributed by atoms with van der Waals surface area (Å²) in [6.07, 6.45) is 20.9. The summed E-state index contributed by atoms with van der Waals surface area (Å²) in [6.45, 7) is 0. The molecule has 0 spiro atoms. The Balaban J connectivity index is 1.40. The maximum Gasteiger partial charge on any atom is 0.370 e. The lowest BCUT2D eigenvalue weighted by atomic mass is 10.4. The van der Waals surface area contributed by atoms with E-state index in [4.69, 9.17) is 8.83 Å². The maximum atomic E-state index is 5.67. The summed E-state index contributed by atoms with van der Waals surface area (Å²) in [5, 5.41) is 0. The molecule has 6 heteroatoms. The van der Waals surface area contributed by atoms with Gasteiger partial charge in [-0.25, -0.2) is 4.57 Å². The molecule has 4 heterocycles. The number of anilines is 1. The van der Waals surface area contributed by atoms with Crippen LogP contribution in [0.1, 0.15) is 5.89 Å². The first-order chi connectivity index (χ1) is 13.2. The quantitative estimate of drug-likeness (QED) is 0.527. The number of aromatic nitrogens is 3. The number of allylic oxidation sites excluding steroid dienone is 6. The fourth-order valence-corrected chi connectivity index (χ4v) is 2.67. The largest absolute Gasteiger partial charge is 0.435 e. The molecule has 27 heavy (non-hydrogen) atoms. The molecular formula is C21H19N4O2+. The normalized spacial score (nSPS) is 14.9. The van der Waals surface area contributed by atoms with Gasteiger partial charge in [0.2, 0.25) is 11.1 Å². The van der Waals surface area contributed by atoms with Crippen molar-refractivity contribution in [3.05, 3.63) is 77.8 Å². The lowest BCUT2D eigenvalue weighted by molar-refractivity contribution is -0.646. The van der Waals surface area contributed by atoms with Gasteiger partial charge in [0.1, 0.15) is 0 Å². The van der Waals surface area contributed by atoms with Crippen molar-refractivity contribution in [2.75, 3.05) is 11.9 Å². The van der Waals surface area contributed by atoms with Gasteiger partial charge in [-0.3, -0.25) is 0 Å². The average Bonchev–Trinajstić information content (AvgIpc) is 3.26. The van der Waals surface area contributed by atoms with E-state index < -0.39 is 0 Å². The maximum absolute atomic E-state index is 5.67. The smallest absolute Gasteiger partial charge is 0.370 e. The molecule has 0 saturated carbocycles. The Morgan fingerprint density at radius 3 is 2.78 bits per heavy atom. The fraction of sp³-hybridized carbons (Fsp3) is 0.0952. The molecule has 6 nitrogen and oxygen atoms in total. The van der Waals surface area contributed by atoms with Crippen LogP contribution >= 0.6 is 0 Å². The molecule has 4 rings (SSSR count). The monoisotopic (exact) mass is 359 g/mol. The van der Waals surface area contributed by atoms with E-state index in [1.807, 2.05) is 103 Å². The molecule has 134 valence electrons. The van der Waals surface area contributed by atoms with Crippen LogP contribution in [0, 0.1) is 0 Å². The molecule has 1 aliphatic heterocycles. The van der Waals surface area contributed by atoms with Gasteiger partial charge in [-0.2, -0.15) is 4.98 Å². The van der Waals surface area contributed by atoms with Crippen molar-refractivity contribution in [1.29, 1.82) is 0 Å². The standard InChI is InChI=1S/C21H19N4O2/c1-24-14-8-10-16-20(24)22-18(26-16)12-6-4-3-5-7-13-19-23-21-17(27-19)11-9-15-25(21)2/h3-15H,1-2H3/q+1. The van der Waals surface area contributed by atoms with Crippen molar-refractivity contribution in [3.63, 3.8) is 0 Å². The summed E-state index contributed by atoms with van der Waals surface area (Å²) in [6, 6.07) is 3.83. The van der Waals surface area contributed by atoms with Gasteiger partial charge >= 0.3 is 11.5 Å². The van der Waals surface area contributed by atoms with Gasteiger partial charge < -0.3 is 13.7 Å². The second-order valence-corrected chi connectivity index (χ2v) is 6.01. The summed E-state index contributed by atoms with van der Waals surface area (Å²) in [4.78, 5) is 10.8. The molecule has 0 atom stereocenters. The molecule has 0 saturated heterocycles. The van der Waals surface area contributed by atoms with Gasteiger partial charge in [0.15, 0.2) is 11.2 Å². The summed E-state index contributed by atoms with van der Waals surface area (Å²) in [5.41, 5.74) is 2.93. The molecule has 0 aliphatic carbocycles. The summed E-state index contributed by atoms with van der Waals surface area (Å²) in [5.74, 6) is 1.40. The predicted octanol–water partition coefficient (Wildman–Crippen LogP) is 1.99. The van der Waals surface area contributed by atoms with Gasteiger partial charge in [0, 0.05) is 30.4 Å². The number of oxazole rings is 2. The van der Waals surface area contributed by atoms with Crippen LogP contribution in [0.3, 0.4) is 0 Å². The first kappa shape index (κ1) is 16.8. The number of hydrogen-bond donors (Lipinski definition) is 0. The zero-order chi connectivity index (χ0) is 18.6. The van der Waals surface area contributed by atoms with Crippen LogP contribution < -0.4 is 20.4 Å². The van der Waals surface area contributed by atoms with E-state index in [0.29, 0.717) is 11.4 Å². The van der Waals surface area contributed by atoms with Crippen LogP contribution in [-0.4, -0.2) is 17.0 Å². The van der Waals surface area contributed by atoms with E-state index >= 15 is 0 Å². The van der Waals surface area contributed by atoms with Gasteiger partial charge in [-0.15, -0.1) is 0 Å². The highest BCUT2D eigenvalue weighted by Gasteiger charge is 2.13. The average molecular weight is 359 g/mol. The van der Waals surface area contributed by atoms with E-state index in [0.717, 1.165) is 22.5 Å². The molecule has 0 fully saturated rings. The van der Waals surface area contributed by atoms with Gasteiger partial charge in [0.25, 0.3) is 0 Å². The van der Waals surface area contributed by atoms with E-state index in [9.17, 15) is 0 Å². The SMILES string of the molecule is CN1C=CC=c2o/c(=C/C=C/C=C/C=C/c3nc4c(ccc[n+]4C)o3)nc21. The van der Waals surface area contributed by atoms with E-state index in [2.05, 4.69) is 9.97 Å². The molecule has 0 radical (unpaired) electrons. The molecule has 0 aromatic carbocycles.